The average molecular weight is 587 g/mol. The number of aromatic nitrogens is 4. The zero-order valence-corrected chi connectivity index (χ0v) is 24.1. The van der Waals surface area contributed by atoms with Crippen LogP contribution in [0.25, 0.3) is 16.9 Å². The Hall–Kier alpha value is -4.90. The van der Waals surface area contributed by atoms with Crippen molar-refractivity contribution in [3.05, 3.63) is 94.0 Å². The van der Waals surface area contributed by atoms with Crippen LogP contribution in [0.4, 0.5) is 17.3 Å². The number of hydrogen-bond acceptors (Lipinski definition) is 7. The van der Waals surface area contributed by atoms with Crippen molar-refractivity contribution in [2.45, 2.75) is 25.8 Å². The highest BCUT2D eigenvalue weighted by molar-refractivity contribution is 6.32. The smallest absolute Gasteiger partial charge is 0.284 e. The Bertz CT molecular complexity index is 1740. The van der Waals surface area contributed by atoms with Gasteiger partial charge in [0.1, 0.15) is 5.56 Å². The van der Waals surface area contributed by atoms with Gasteiger partial charge in [-0.2, -0.15) is 0 Å². The molecule has 1 aliphatic rings. The first-order chi connectivity index (χ1) is 20.2. The fraction of sp³-hybridized carbons (Fsp3) is 0.233. The number of rotatable bonds is 7. The van der Waals surface area contributed by atoms with Crippen molar-refractivity contribution >= 4 is 40.7 Å². The first-order valence-corrected chi connectivity index (χ1v) is 13.8. The minimum Gasteiger partial charge on any atom is -0.381 e. The second kappa shape index (κ2) is 11.9. The van der Waals surface area contributed by atoms with Crippen molar-refractivity contribution < 1.29 is 9.59 Å². The highest BCUT2D eigenvalue weighted by Crippen LogP contribution is 2.28. The molecule has 0 unspecified atom stereocenters. The second-order valence-corrected chi connectivity index (χ2v) is 10.4. The number of nitrogen functional groups attached to an aromatic ring is 1. The van der Waals surface area contributed by atoms with Crippen LogP contribution in [0.15, 0.2) is 72.2 Å². The van der Waals surface area contributed by atoms with E-state index in [2.05, 4.69) is 22.2 Å². The number of piperidine rings is 1. The summed E-state index contributed by atoms with van der Waals surface area (Å²) >= 11 is 6.33. The van der Waals surface area contributed by atoms with E-state index in [0.29, 0.717) is 65.4 Å². The van der Waals surface area contributed by atoms with Gasteiger partial charge in [0.2, 0.25) is 5.91 Å². The molecule has 0 aliphatic carbocycles. The van der Waals surface area contributed by atoms with E-state index in [1.807, 2.05) is 17.0 Å². The molecule has 4 N–H and O–H groups in total. The summed E-state index contributed by atoms with van der Waals surface area (Å²) in [5, 5.41) is 6.20. The lowest BCUT2D eigenvalue weighted by Crippen LogP contribution is -2.46. The van der Waals surface area contributed by atoms with Crippen molar-refractivity contribution in [1.29, 1.82) is 0 Å². The molecule has 11 nitrogen and oxygen atoms in total. The van der Waals surface area contributed by atoms with Gasteiger partial charge in [-0.05, 0) is 50.1 Å². The van der Waals surface area contributed by atoms with E-state index in [1.165, 1.54) is 10.8 Å². The predicted molar refractivity (Wildman–Crippen MR) is 164 cm³/mol. The van der Waals surface area contributed by atoms with Crippen molar-refractivity contribution in [2.75, 3.05) is 29.0 Å². The SMILES string of the molecule is C=CC(=O)Nc1cccc(-c2cnc(N)c(N3CCC(NC(=O)c4c(C)n(C)n(-c5ccccc5Cl)c4=O)CC3)n2)c1. The third-order valence-corrected chi connectivity index (χ3v) is 7.70. The van der Waals surface area contributed by atoms with Crippen molar-refractivity contribution in [1.82, 2.24) is 24.6 Å². The topological polar surface area (TPSA) is 140 Å². The van der Waals surface area contributed by atoms with Crippen LogP contribution >= 0.6 is 11.6 Å². The number of carbonyl (C=O) groups excluding carboxylic acids is 2. The lowest BCUT2D eigenvalue weighted by atomic mass is 10.0. The largest absolute Gasteiger partial charge is 0.381 e. The van der Waals surface area contributed by atoms with E-state index in [9.17, 15) is 14.4 Å². The van der Waals surface area contributed by atoms with Crippen molar-refractivity contribution in [3.63, 3.8) is 0 Å². The van der Waals surface area contributed by atoms with Gasteiger partial charge in [-0.15, -0.1) is 0 Å². The molecule has 0 spiro atoms. The molecule has 42 heavy (non-hydrogen) atoms. The minimum absolute atomic E-state index is 0.0918. The zero-order chi connectivity index (χ0) is 30.0. The van der Waals surface area contributed by atoms with Gasteiger partial charge in [0.25, 0.3) is 11.5 Å². The summed E-state index contributed by atoms with van der Waals surface area (Å²) in [6.07, 6.45) is 4.06. The van der Waals surface area contributed by atoms with Crippen LogP contribution in [-0.2, 0) is 11.8 Å². The van der Waals surface area contributed by atoms with Crippen LogP contribution in [0.3, 0.4) is 0 Å². The highest BCUT2D eigenvalue weighted by Gasteiger charge is 2.28. The van der Waals surface area contributed by atoms with E-state index < -0.39 is 11.5 Å². The summed E-state index contributed by atoms with van der Waals surface area (Å²) in [4.78, 5) is 49.5. The summed E-state index contributed by atoms with van der Waals surface area (Å²) < 4.78 is 3.05. The number of nitrogens with two attached hydrogens (primary N) is 1. The molecule has 2 aromatic heterocycles. The fourth-order valence-corrected chi connectivity index (χ4v) is 5.28. The standard InChI is InChI=1S/C30H31ClN8O3/c1-4-25(40)34-21-9-7-8-19(16-21)23-17-33-27(32)28(36-23)38-14-12-20(13-15-38)35-29(41)26-18(2)37(3)39(30(26)42)24-11-6-5-10-22(24)31/h4-11,16-17,20H,1,12-15H2,2-3H3,(H2,32,33)(H,34,40)(H,35,41). The molecule has 0 saturated carbocycles. The van der Waals surface area contributed by atoms with Gasteiger partial charge in [-0.25, -0.2) is 14.6 Å². The van der Waals surface area contributed by atoms with Gasteiger partial charge in [0, 0.05) is 37.4 Å². The first kappa shape index (κ1) is 28.6. The van der Waals surface area contributed by atoms with Crippen LogP contribution in [0, 0.1) is 6.92 Å². The summed E-state index contributed by atoms with van der Waals surface area (Å²) in [5.41, 5.74) is 8.93. The Morgan fingerprint density at radius 2 is 1.88 bits per heavy atom. The molecule has 1 saturated heterocycles. The Kier molecular flexibility index (Phi) is 8.12. The monoisotopic (exact) mass is 586 g/mol. The van der Waals surface area contributed by atoms with Gasteiger partial charge in [0.05, 0.1) is 28.3 Å². The zero-order valence-electron chi connectivity index (χ0n) is 23.3. The number of amides is 2. The molecule has 1 fully saturated rings. The molecule has 3 heterocycles. The molecular weight excluding hydrogens is 556 g/mol. The van der Waals surface area contributed by atoms with Crippen molar-refractivity contribution in [3.8, 4) is 16.9 Å². The summed E-state index contributed by atoms with van der Waals surface area (Å²) in [6.45, 7) is 6.38. The molecule has 12 heteroatoms. The molecule has 0 bridgehead atoms. The normalized spacial score (nSPS) is 13.5. The van der Waals surface area contributed by atoms with Gasteiger partial charge < -0.3 is 21.3 Å². The van der Waals surface area contributed by atoms with E-state index in [1.54, 1.807) is 61.2 Å². The number of para-hydroxylation sites is 1. The maximum absolute atomic E-state index is 13.3. The molecule has 0 atom stereocenters. The number of anilines is 3. The van der Waals surface area contributed by atoms with Crippen LogP contribution in [-0.4, -0.2) is 50.3 Å². The molecule has 1 aliphatic heterocycles. The maximum atomic E-state index is 13.3. The van der Waals surface area contributed by atoms with E-state index in [0.717, 1.165) is 5.56 Å². The lowest BCUT2D eigenvalue weighted by molar-refractivity contribution is -0.111. The number of hydrogen-bond donors (Lipinski definition) is 3. The minimum atomic E-state index is -0.425. The molecule has 0 radical (unpaired) electrons. The molecule has 2 aromatic carbocycles. The Labute approximate surface area is 247 Å². The quantitative estimate of drug-likeness (QED) is 0.280. The molecule has 216 valence electrons. The highest BCUT2D eigenvalue weighted by atomic mass is 35.5. The first-order valence-electron chi connectivity index (χ1n) is 13.4. The Balaban J connectivity index is 1.28. The predicted octanol–water partition coefficient (Wildman–Crippen LogP) is 3.70. The number of nitrogens with one attached hydrogen (secondary N) is 2. The van der Waals surface area contributed by atoms with Crippen molar-refractivity contribution in [2.24, 2.45) is 7.05 Å². The second-order valence-electron chi connectivity index (χ2n) is 10.0. The third kappa shape index (κ3) is 5.64. The van der Waals surface area contributed by atoms with E-state index in [-0.39, 0.29) is 17.5 Å². The third-order valence-electron chi connectivity index (χ3n) is 7.38. The molecule has 4 aromatic rings. The van der Waals surface area contributed by atoms with Gasteiger partial charge >= 0.3 is 0 Å². The van der Waals surface area contributed by atoms with Crippen LogP contribution in [0.5, 0.6) is 0 Å². The number of benzene rings is 2. The average Bonchev–Trinajstić information content (AvgIpc) is 3.21. The summed E-state index contributed by atoms with van der Waals surface area (Å²) in [5.74, 6) is 0.138. The maximum Gasteiger partial charge on any atom is 0.284 e. The van der Waals surface area contributed by atoms with Crippen LogP contribution < -0.4 is 26.8 Å². The molecule has 2 amide bonds. The number of nitrogens with zero attached hydrogens (tertiary/aromatic N) is 5. The fourth-order valence-electron chi connectivity index (χ4n) is 5.07. The number of carbonyl (C=O) groups is 2. The molecular formula is C30H31ClN8O3. The summed E-state index contributed by atoms with van der Waals surface area (Å²) in [7, 11) is 1.72. The molecule has 5 rings (SSSR count). The lowest BCUT2D eigenvalue weighted by Gasteiger charge is -2.33. The Morgan fingerprint density at radius 1 is 1.14 bits per heavy atom. The van der Waals surface area contributed by atoms with E-state index in [4.69, 9.17) is 22.3 Å². The van der Waals surface area contributed by atoms with Crippen LogP contribution in [0.1, 0.15) is 28.9 Å². The van der Waals surface area contributed by atoms with Gasteiger partial charge in [-0.1, -0.05) is 42.4 Å². The Morgan fingerprint density at radius 3 is 2.60 bits per heavy atom. The number of halogens is 1. The van der Waals surface area contributed by atoms with E-state index >= 15 is 0 Å². The van der Waals surface area contributed by atoms with Crippen LogP contribution in [0.2, 0.25) is 5.02 Å². The van der Waals surface area contributed by atoms with Gasteiger partial charge in [0.15, 0.2) is 11.6 Å². The summed E-state index contributed by atoms with van der Waals surface area (Å²) in [6, 6.07) is 14.1. The van der Waals surface area contributed by atoms with Gasteiger partial charge in [-0.3, -0.25) is 19.1 Å².